The van der Waals surface area contributed by atoms with E-state index in [1.165, 1.54) is 18.9 Å². The maximum atomic E-state index is 12.5. The summed E-state index contributed by atoms with van der Waals surface area (Å²) in [5, 5.41) is 0.869. The number of aryl methyl sites for hydroxylation is 2. The van der Waals surface area contributed by atoms with Gasteiger partial charge >= 0.3 is 5.63 Å². The van der Waals surface area contributed by atoms with Gasteiger partial charge in [-0.25, -0.2) is 4.79 Å². The van der Waals surface area contributed by atoms with Crippen molar-refractivity contribution in [3.8, 4) is 5.75 Å². The van der Waals surface area contributed by atoms with Crippen LogP contribution in [-0.4, -0.2) is 25.5 Å². The van der Waals surface area contributed by atoms with E-state index in [0.717, 1.165) is 35.3 Å². The van der Waals surface area contributed by atoms with Gasteiger partial charge in [0.05, 0.1) is 0 Å². The van der Waals surface area contributed by atoms with Crippen LogP contribution in [0.2, 0.25) is 0 Å². The second-order valence-electron chi connectivity index (χ2n) is 7.27. The van der Waals surface area contributed by atoms with E-state index in [-0.39, 0.29) is 18.0 Å². The minimum atomic E-state index is -0.389. The van der Waals surface area contributed by atoms with Crippen molar-refractivity contribution >= 4 is 22.4 Å². The Labute approximate surface area is 163 Å². The number of anilines is 1. The third kappa shape index (κ3) is 3.52. The minimum absolute atomic E-state index is 0.0640. The van der Waals surface area contributed by atoms with Crippen LogP contribution in [0.3, 0.4) is 0 Å². The van der Waals surface area contributed by atoms with Gasteiger partial charge in [0.1, 0.15) is 11.3 Å². The molecule has 0 spiro atoms. The lowest BCUT2D eigenvalue weighted by molar-refractivity contribution is 0.0921. The van der Waals surface area contributed by atoms with E-state index < -0.39 is 0 Å². The molecule has 5 heteroatoms. The first-order chi connectivity index (χ1) is 13.5. The van der Waals surface area contributed by atoms with Crippen LogP contribution in [0.25, 0.3) is 11.0 Å². The van der Waals surface area contributed by atoms with Crippen molar-refractivity contribution in [2.24, 2.45) is 0 Å². The van der Waals surface area contributed by atoms with Crippen molar-refractivity contribution in [3.63, 3.8) is 0 Å². The quantitative estimate of drug-likeness (QED) is 0.491. The van der Waals surface area contributed by atoms with Crippen LogP contribution in [0, 0.1) is 13.8 Å². The van der Waals surface area contributed by atoms with Crippen molar-refractivity contribution in [1.82, 2.24) is 0 Å². The van der Waals surface area contributed by atoms with E-state index in [4.69, 9.17) is 9.15 Å². The molecule has 3 aromatic rings. The molecule has 1 fully saturated rings. The molecule has 0 radical (unpaired) electrons. The summed E-state index contributed by atoms with van der Waals surface area (Å²) >= 11 is 0. The molecular formula is C23H23NO4. The summed E-state index contributed by atoms with van der Waals surface area (Å²) in [6, 6.07) is 12.8. The van der Waals surface area contributed by atoms with E-state index in [1.54, 1.807) is 0 Å². The van der Waals surface area contributed by atoms with Gasteiger partial charge in [-0.1, -0.05) is 0 Å². The number of benzene rings is 2. The molecule has 4 rings (SSSR count). The average molecular weight is 377 g/mol. The van der Waals surface area contributed by atoms with Crippen LogP contribution in [-0.2, 0) is 0 Å². The second kappa shape index (κ2) is 7.50. The Balaban J connectivity index is 1.48. The third-order valence-electron chi connectivity index (χ3n) is 5.34. The Hall–Kier alpha value is -3.08. The fourth-order valence-corrected chi connectivity index (χ4v) is 3.72. The molecule has 0 unspecified atom stereocenters. The van der Waals surface area contributed by atoms with Crippen LogP contribution in [0.15, 0.2) is 51.7 Å². The number of fused-ring (bicyclic) bond motifs is 1. The van der Waals surface area contributed by atoms with Crippen LogP contribution < -0.4 is 15.3 Å². The van der Waals surface area contributed by atoms with Crippen LogP contribution in [0.4, 0.5) is 5.69 Å². The highest BCUT2D eigenvalue weighted by atomic mass is 16.5. The van der Waals surface area contributed by atoms with Gasteiger partial charge < -0.3 is 14.1 Å². The Bertz CT molecular complexity index is 1080. The summed E-state index contributed by atoms with van der Waals surface area (Å²) in [6.07, 6.45) is 2.44. The first kappa shape index (κ1) is 18.3. The normalized spacial score (nSPS) is 13.9. The van der Waals surface area contributed by atoms with Crippen molar-refractivity contribution < 1.29 is 13.9 Å². The molecule has 0 bridgehead atoms. The van der Waals surface area contributed by atoms with E-state index in [0.29, 0.717) is 16.9 Å². The Morgan fingerprint density at radius 2 is 1.79 bits per heavy atom. The molecule has 2 aromatic carbocycles. The summed E-state index contributed by atoms with van der Waals surface area (Å²) in [7, 11) is 0. The number of ketones is 1. The molecule has 0 amide bonds. The number of carbonyl (C=O) groups is 1. The van der Waals surface area contributed by atoms with Gasteiger partial charge in [0.2, 0.25) is 0 Å². The Morgan fingerprint density at radius 3 is 2.50 bits per heavy atom. The Kier molecular flexibility index (Phi) is 4.90. The monoisotopic (exact) mass is 377 g/mol. The van der Waals surface area contributed by atoms with Crippen molar-refractivity contribution in [3.05, 3.63) is 69.6 Å². The minimum Gasteiger partial charge on any atom is -0.485 e. The molecular weight excluding hydrogens is 354 g/mol. The maximum Gasteiger partial charge on any atom is 0.336 e. The standard InChI is InChI=1S/C23H23NO4/c1-15-13-22(26)28-23-16(2)21(10-9-19(15)23)27-14-20(25)17-5-7-18(8-6-17)24-11-3-4-12-24/h5-10,13H,3-4,11-12,14H2,1-2H3. The number of nitrogens with zero attached hydrogens (tertiary/aromatic N) is 1. The van der Waals surface area contributed by atoms with Gasteiger partial charge in [-0.3, -0.25) is 4.79 Å². The third-order valence-corrected chi connectivity index (χ3v) is 5.34. The highest BCUT2D eigenvalue weighted by Crippen LogP contribution is 2.28. The maximum absolute atomic E-state index is 12.5. The van der Waals surface area contributed by atoms with Gasteiger partial charge in [0.25, 0.3) is 0 Å². The number of ether oxygens (including phenoxy) is 1. The number of carbonyl (C=O) groups excluding carboxylic acids is 1. The highest BCUT2D eigenvalue weighted by Gasteiger charge is 2.15. The molecule has 2 heterocycles. The molecule has 0 atom stereocenters. The van der Waals surface area contributed by atoms with Crippen molar-refractivity contribution in [2.75, 3.05) is 24.6 Å². The van der Waals surface area contributed by atoms with Gasteiger partial charge in [-0.05, 0) is 68.7 Å². The molecule has 0 N–H and O–H groups in total. The molecule has 5 nitrogen and oxygen atoms in total. The number of hydrogen-bond acceptors (Lipinski definition) is 5. The zero-order valence-electron chi connectivity index (χ0n) is 16.2. The van der Waals surface area contributed by atoms with E-state index in [2.05, 4.69) is 4.90 Å². The Morgan fingerprint density at radius 1 is 1.07 bits per heavy atom. The molecule has 28 heavy (non-hydrogen) atoms. The molecule has 1 saturated heterocycles. The SMILES string of the molecule is Cc1cc(=O)oc2c(C)c(OCC(=O)c3ccc(N4CCCC4)cc3)ccc12. The number of hydrogen-bond donors (Lipinski definition) is 0. The molecule has 1 aliphatic heterocycles. The first-order valence-electron chi connectivity index (χ1n) is 9.58. The van der Waals surface area contributed by atoms with Crippen LogP contribution in [0.5, 0.6) is 5.75 Å². The topological polar surface area (TPSA) is 59.8 Å². The molecule has 1 aromatic heterocycles. The van der Waals surface area contributed by atoms with Gasteiger partial charge in [0.15, 0.2) is 12.4 Å². The van der Waals surface area contributed by atoms with E-state index >= 15 is 0 Å². The summed E-state index contributed by atoms with van der Waals surface area (Å²) < 4.78 is 11.1. The average Bonchev–Trinajstić information content (AvgIpc) is 3.22. The fraction of sp³-hybridized carbons (Fsp3) is 0.304. The smallest absolute Gasteiger partial charge is 0.336 e. The fourth-order valence-electron chi connectivity index (χ4n) is 3.72. The lowest BCUT2D eigenvalue weighted by Gasteiger charge is -2.17. The summed E-state index contributed by atoms with van der Waals surface area (Å²) in [5.41, 5.74) is 3.48. The van der Waals surface area contributed by atoms with Crippen LogP contribution >= 0.6 is 0 Å². The lowest BCUT2D eigenvalue weighted by Crippen LogP contribution is -2.18. The van der Waals surface area contributed by atoms with Gasteiger partial charge in [0, 0.05) is 41.4 Å². The zero-order chi connectivity index (χ0) is 19.7. The summed E-state index contributed by atoms with van der Waals surface area (Å²) in [5.74, 6) is 0.460. The van der Waals surface area contributed by atoms with E-state index in [1.807, 2.05) is 50.2 Å². The van der Waals surface area contributed by atoms with Gasteiger partial charge in [-0.2, -0.15) is 0 Å². The van der Waals surface area contributed by atoms with E-state index in [9.17, 15) is 9.59 Å². The van der Waals surface area contributed by atoms with Crippen LogP contribution in [0.1, 0.15) is 34.3 Å². The van der Waals surface area contributed by atoms with Gasteiger partial charge in [-0.15, -0.1) is 0 Å². The summed E-state index contributed by atoms with van der Waals surface area (Å²) in [6.45, 7) is 5.79. The predicted molar refractivity (Wildman–Crippen MR) is 110 cm³/mol. The van der Waals surface area contributed by atoms with Crippen molar-refractivity contribution in [1.29, 1.82) is 0 Å². The van der Waals surface area contributed by atoms with Crippen molar-refractivity contribution in [2.45, 2.75) is 26.7 Å². The number of rotatable bonds is 5. The predicted octanol–water partition coefficient (Wildman–Crippen LogP) is 4.27. The molecule has 0 aliphatic carbocycles. The lowest BCUT2D eigenvalue weighted by atomic mass is 10.1. The zero-order valence-corrected chi connectivity index (χ0v) is 16.2. The highest BCUT2D eigenvalue weighted by molar-refractivity contribution is 5.97. The molecule has 0 saturated carbocycles. The number of Topliss-reactive ketones (excluding diaryl/α,β-unsaturated/α-hetero) is 1. The molecule has 1 aliphatic rings. The second-order valence-corrected chi connectivity index (χ2v) is 7.27. The molecule has 144 valence electrons. The largest absolute Gasteiger partial charge is 0.485 e. The summed E-state index contributed by atoms with van der Waals surface area (Å²) in [4.78, 5) is 26.5. The first-order valence-corrected chi connectivity index (χ1v) is 9.58.